The largest absolute Gasteiger partial charge is 0.395 e. The molecular formula is C9H12N2O5S. The number of rotatable bonds is 5. The maximum Gasteiger partial charge on any atom is 0.269 e. The van der Waals surface area contributed by atoms with E-state index in [2.05, 4.69) is 0 Å². The van der Waals surface area contributed by atoms with Crippen molar-refractivity contribution in [2.75, 3.05) is 20.2 Å². The third kappa shape index (κ3) is 2.99. The van der Waals surface area contributed by atoms with Crippen LogP contribution in [0, 0.1) is 10.1 Å². The zero-order valence-corrected chi connectivity index (χ0v) is 9.92. The summed E-state index contributed by atoms with van der Waals surface area (Å²) in [7, 11) is -2.37. The Labute approximate surface area is 98.5 Å². The van der Waals surface area contributed by atoms with E-state index in [1.54, 1.807) is 0 Å². The molecule has 0 heterocycles. The first-order valence-electron chi connectivity index (χ1n) is 4.71. The van der Waals surface area contributed by atoms with Gasteiger partial charge in [-0.3, -0.25) is 10.1 Å². The third-order valence-corrected chi connectivity index (χ3v) is 4.04. The van der Waals surface area contributed by atoms with Crippen molar-refractivity contribution in [3.63, 3.8) is 0 Å². The van der Waals surface area contributed by atoms with E-state index in [4.69, 9.17) is 5.11 Å². The van der Waals surface area contributed by atoms with Gasteiger partial charge >= 0.3 is 0 Å². The predicted molar refractivity (Wildman–Crippen MR) is 60.0 cm³/mol. The Kier molecular flexibility index (Phi) is 4.16. The van der Waals surface area contributed by atoms with Gasteiger partial charge in [-0.2, -0.15) is 4.31 Å². The molecule has 0 saturated heterocycles. The number of benzene rings is 1. The second-order valence-electron chi connectivity index (χ2n) is 3.30. The number of hydrogen-bond acceptors (Lipinski definition) is 5. The van der Waals surface area contributed by atoms with Gasteiger partial charge in [-0.15, -0.1) is 0 Å². The Hall–Kier alpha value is -1.51. The maximum atomic E-state index is 11.8. The molecule has 1 N–H and O–H groups in total. The maximum absolute atomic E-state index is 11.8. The Bertz CT molecular complexity index is 497. The van der Waals surface area contributed by atoms with Crippen molar-refractivity contribution in [1.29, 1.82) is 0 Å². The minimum Gasteiger partial charge on any atom is -0.395 e. The predicted octanol–water partition coefficient (Wildman–Crippen LogP) is 0.208. The molecule has 1 aromatic carbocycles. The number of non-ortho nitro benzene ring substituents is 1. The molecule has 94 valence electrons. The molecule has 1 rings (SSSR count). The van der Waals surface area contributed by atoms with Crippen LogP contribution >= 0.6 is 0 Å². The van der Waals surface area contributed by atoms with Crippen molar-refractivity contribution < 1.29 is 18.4 Å². The first-order valence-corrected chi connectivity index (χ1v) is 6.15. The fourth-order valence-electron chi connectivity index (χ4n) is 1.18. The van der Waals surface area contributed by atoms with E-state index in [0.717, 1.165) is 16.4 Å². The summed E-state index contributed by atoms with van der Waals surface area (Å²) in [6, 6.07) is 4.59. The fraction of sp³-hybridized carbons (Fsp3) is 0.333. The molecule has 0 bridgehead atoms. The Morgan fingerprint density at radius 2 is 1.88 bits per heavy atom. The van der Waals surface area contributed by atoms with Gasteiger partial charge < -0.3 is 5.11 Å². The van der Waals surface area contributed by atoms with Gasteiger partial charge in [0.2, 0.25) is 10.0 Å². The summed E-state index contributed by atoms with van der Waals surface area (Å²) in [6.45, 7) is -0.317. The van der Waals surface area contributed by atoms with E-state index in [1.165, 1.54) is 19.2 Å². The topological polar surface area (TPSA) is 101 Å². The first kappa shape index (κ1) is 13.6. The summed E-state index contributed by atoms with van der Waals surface area (Å²) < 4.78 is 24.7. The van der Waals surface area contributed by atoms with Crippen molar-refractivity contribution >= 4 is 15.7 Å². The molecule has 0 unspecified atom stereocenters. The van der Waals surface area contributed by atoms with Crippen LogP contribution in [0.2, 0.25) is 0 Å². The molecule has 1 aromatic rings. The van der Waals surface area contributed by atoms with Crippen LogP contribution in [0.4, 0.5) is 5.69 Å². The first-order chi connectivity index (χ1) is 7.89. The average Bonchev–Trinajstić information content (AvgIpc) is 2.29. The molecule has 8 heteroatoms. The third-order valence-electron chi connectivity index (χ3n) is 2.17. The molecular weight excluding hydrogens is 248 g/mol. The molecule has 0 aromatic heterocycles. The summed E-state index contributed by atoms with van der Waals surface area (Å²) in [4.78, 5) is 9.77. The Morgan fingerprint density at radius 3 is 2.29 bits per heavy atom. The van der Waals surface area contributed by atoms with E-state index in [1.807, 2.05) is 0 Å². The second kappa shape index (κ2) is 5.21. The molecule has 0 aliphatic rings. The monoisotopic (exact) mass is 260 g/mol. The average molecular weight is 260 g/mol. The molecule has 0 aliphatic heterocycles. The van der Waals surface area contributed by atoms with Gasteiger partial charge in [0.25, 0.3) is 5.69 Å². The highest BCUT2D eigenvalue weighted by atomic mass is 32.2. The number of nitro benzene ring substituents is 1. The van der Waals surface area contributed by atoms with Crippen LogP contribution in [0.5, 0.6) is 0 Å². The zero-order chi connectivity index (χ0) is 13.1. The highest BCUT2D eigenvalue weighted by Gasteiger charge is 2.20. The molecule has 0 atom stereocenters. The lowest BCUT2D eigenvalue weighted by Gasteiger charge is -2.15. The van der Waals surface area contributed by atoms with Crippen LogP contribution in [0.1, 0.15) is 0 Å². The number of hydrogen-bond donors (Lipinski definition) is 1. The van der Waals surface area contributed by atoms with Crippen molar-refractivity contribution in [2.24, 2.45) is 0 Å². The van der Waals surface area contributed by atoms with Gasteiger partial charge in [0.1, 0.15) is 0 Å². The summed E-state index contributed by atoms with van der Waals surface area (Å²) in [5.41, 5.74) is -0.172. The number of nitrogens with zero attached hydrogens (tertiary/aromatic N) is 2. The van der Waals surface area contributed by atoms with E-state index < -0.39 is 14.9 Å². The molecule has 0 fully saturated rings. The summed E-state index contributed by atoms with van der Waals surface area (Å²) >= 11 is 0. The highest BCUT2D eigenvalue weighted by molar-refractivity contribution is 7.89. The fourth-order valence-corrected chi connectivity index (χ4v) is 2.34. The minimum atomic E-state index is -3.69. The molecule has 0 spiro atoms. The van der Waals surface area contributed by atoms with E-state index in [9.17, 15) is 18.5 Å². The van der Waals surface area contributed by atoms with Crippen molar-refractivity contribution in [2.45, 2.75) is 4.90 Å². The molecule has 0 saturated carbocycles. The number of likely N-dealkylation sites (N-methyl/N-ethyl adjacent to an activating group) is 1. The van der Waals surface area contributed by atoms with Gasteiger partial charge in [0, 0.05) is 25.7 Å². The Morgan fingerprint density at radius 1 is 1.35 bits per heavy atom. The van der Waals surface area contributed by atoms with Gasteiger partial charge in [-0.05, 0) is 12.1 Å². The van der Waals surface area contributed by atoms with Crippen molar-refractivity contribution in [1.82, 2.24) is 4.31 Å². The summed E-state index contributed by atoms with van der Waals surface area (Å²) in [5, 5.41) is 19.1. The highest BCUT2D eigenvalue weighted by Crippen LogP contribution is 2.18. The zero-order valence-electron chi connectivity index (χ0n) is 9.11. The van der Waals surface area contributed by atoms with Gasteiger partial charge in [0.15, 0.2) is 0 Å². The SMILES string of the molecule is CN(CCO)S(=O)(=O)c1ccc([N+](=O)[O-])cc1. The number of nitro groups is 1. The lowest BCUT2D eigenvalue weighted by Crippen LogP contribution is -2.29. The van der Waals surface area contributed by atoms with Gasteiger partial charge in [-0.1, -0.05) is 0 Å². The van der Waals surface area contributed by atoms with Crippen LogP contribution in [0.15, 0.2) is 29.2 Å². The molecule has 7 nitrogen and oxygen atoms in total. The smallest absolute Gasteiger partial charge is 0.269 e. The second-order valence-corrected chi connectivity index (χ2v) is 5.35. The quantitative estimate of drug-likeness (QED) is 0.602. The van der Waals surface area contributed by atoms with E-state index >= 15 is 0 Å². The molecule has 0 amide bonds. The van der Waals surface area contributed by atoms with E-state index in [0.29, 0.717) is 0 Å². The van der Waals surface area contributed by atoms with E-state index in [-0.39, 0.29) is 23.7 Å². The van der Waals surface area contributed by atoms with Crippen LogP contribution in [-0.4, -0.2) is 43.0 Å². The van der Waals surface area contributed by atoms with Crippen molar-refractivity contribution in [3.8, 4) is 0 Å². The van der Waals surface area contributed by atoms with Crippen LogP contribution in [0.25, 0.3) is 0 Å². The van der Waals surface area contributed by atoms with Crippen molar-refractivity contribution in [3.05, 3.63) is 34.4 Å². The lowest BCUT2D eigenvalue weighted by molar-refractivity contribution is -0.384. The number of sulfonamides is 1. The minimum absolute atomic E-state index is 0.0285. The summed E-state index contributed by atoms with van der Waals surface area (Å²) in [5.74, 6) is 0. The lowest BCUT2D eigenvalue weighted by atomic mass is 10.3. The molecule has 0 radical (unpaired) electrons. The molecule has 0 aliphatic carbocycles. The van der Waals surface area contributed by atoms with Crippen LogP contribution < -0.4 is 0 Å². The standard InChI is InChI=1S/C9H12N2O5S/c1-10(6-7-12)17(15,16)9-4-2-8(3-5-9)11(13)14/h2-5,12H,6-7H2,1H3. The van der Waals surface area contributed by atoms with Crippen LogP contribution in [-0.2, 0) is 10.0 Å². The van der Waals surface area contributed by atoms with Gasteiger partial charge in [-0.25, -0.2) is 8.42 Å². The summed E-state index contributed by atoms with van der Waals surface area (Å²) in [6.07, 6.45) is 0. The number of aliphatic hydroxyl groups excluding tert-OH is 1. The van der Waals surface area contributed by atoms with Crippen LogP contribution in [0.3, 0.4) is 0 Å². The number of aliphatic hydroxyl groups is 1. The Balaban J connectivity index is 3.04. The van der Waals surface area contributed by atoms with Gasteiger partial charge in [0.05, 0.1) is 16.4 Å². The molecule has 17 heavy (non-hydrogen) atoms. The normalized spacial score (nSPS) is 11.7.